The fourth-order valence-electron chi connectivity index (χ4n) is 3.14. The second kappa shape index (κ2) is 9.82. The highest BCUT2D eigenvalue weighted by Crippen LogP contribution is 2.26. The van der Waals surface area contributed by atoms with E-state index < -0.39 is 0 Å². The average Bonchev–Trinajstić information content (AvgIpc) is 3.27. The van der Waals surface area contributed by atoms with Crippen LogP contribution in [0, 0.1) is 0 Å². The topological polar surface area (TPSA) is 72.2 Å². The Balaban J connectivity index is 1.38. The van der Waals surface area contributed by atoms with Crippen LogP contribution in [-0.2, 0) is 4.79 Å². The van der Waals surface area contributed by atoms with Gasteiger partial charge in [0.1, 0.15) is 6.26 Å². The molecule has 2 aromatic rings. The van der Waals surface area contributed by atoms with Gasteiger partial charge in [-0.05, 0) is 31.5 Å². The SMILES string of the molecule is CCOc1ccccc1OCCCC(=O)N1CCN(C(=O)c2ccoc2)CC1. The molecule has 1 saturated heterocycles. The van der Waals surface area contributed by atoms with E-state index >= 15 is 0 Å². The first-order chi connectivity index (χ1) is 13.7. The number of hydrogen-bond acceptors (Lipinski definition) is 5. The lowest BCUT2D eigenvalue weighted by atomic mass is 10.2. The molecular formula is C21H26N2O5. The summed E-state index contributed by atoms with van der Waals surface area (Å²) in [4.78, 5) is 28.3. The van der Waals surface area contributed by atoms with Crippen LogP contribution in [0.3, 0.4) is 0 Å². The first kappa shape index (κ1) is 19.8. The number of ether oxygens (including phenoxy) is 2. The van der Waals surface area contributed by atoms with Crippen molar-refractivity contribution in [2.45, 2.75) is 19.8 Å². The smallest absolute Gasteiger partial charge is 0.257 e. The lowest BCUT2D eigenvalue weighted by molar-refractivity contribution is -0.132. The second-order valence-corrected chi connectivity index (χ2v) is 6.52. The number of para-hydroxylation sites is 2. The summed E-state index contributed by atoms with van der Waals surface area (Å²) < 4.78 is 16.2. The Morgan fingerprint density at radius 3 is 2.32 bits per heavy atom. The van der Waals surface area contributed by atoms with E-state index in [1.165, 1.54) is 12.5 Å². The first-order valence-corrected chi connectivity index (χ1v) is 9.63. The molecule has 0 unspecified atom stereocenters. The lowest BCUT2D eigenvalue weighted by Gasteiger charge is -2.34. The van der Waals surface area contributed by atoms with Crippen LogP contribution in [-0.4, -0.2) is 61.0 Å². The number of amides is 2. The molecule has 2 amide bonds. The van der Waals surface area contributed by atoms with Crippen molar-refractivity contribution in [1.82, 2.24) is 9.80 Å². The van der Waals surface area contributed by atoms with Gasteiger partial charge in [0.2, 0.25) is 5.91 Å². The van der Waals surface area contributed by atoms with Gasteiger partial charge in [0, 0.05) is 32.6 Å². The van der Waals surface area contributed by atoms with Crippen LogP contribution < -0.4 is 9.47 Å². The maximum atomic E-state index is 12.4. The Bertz CT molecular complexity index is 767. The second-order valence-electron chi connectivity index (χ2n) is 6.52. The summed E-state index contributed by atoms with van der Waals surface area (Å²) in [5.41, 5.74) is 0.546. The summed E-state index contributed by atoms with van der Waals surface area (Å²) in [6.07, 6.45) is 3.99. The van der Waals surface area contributed by atoms with Gasteiger partial charge in [0.05, 0.1) is 25.0 Å². The van der Waals surface area contributed by atoms with E-state index in [1.54, 1.807) is 11.0 Å². The predicted octanol–water partition coefficient (Wildman–Crippen LogP) is 2.82. The highest BCUT2D eigenvalue weighted by Gasteiger charge is 2.25. The van der Waals surface area contributed by atoms with E-state index in [-0.39, 0.29) is 11.8 Å². The van der Waals surface area contributed by atoms with Crippen molar-refractivity contribution in [1.29, 1.82) is 0 Å². The maximum absolute atomic E-state index is 12.4. The number of nitrogens with zero attached hydrogens (tertiary/aromatic N) is 2. The third-order valence-electron chi connectivity index (χ3n) is 4.63. The molecule has 0 radical (unpaired) electrons. The minimum Gasteiger partial charge on any atom is -0.490 e. The number of carbonyl (C=O) groups excluding carboxylic acids is 2. The van der Waals surface area contributed by atoms with Crippen molar-refractivity contribution in [3.05, 3.63) is 48.4 Å². The normalized spacial score (nSPS) is 14.0. The fourth-order valence-corrected chi connectivity index (χ4v) is 3.14. The molecule has 0 spiro atoms. The van der Waals surface area contributed by atoms with Crippen LogP contribution >= 0.6 is 0 Å². The molecule has 2 heterocycles. The molecule has 0 aliphatic carbocycles. The zero-order valence-electron chi connectivity index (χ0n) is 16.1. The number of rotatable bonds is 8. The quantitative estimate of drug-likeness (QED) is 0.653. The minimum absolute atomic E-state index is 0.0535. The van der Waals surface area contributed by atoms with E-state index in [0.717, 1.165) is 5.75 Å². The molecule has 0 saturated carbocycles. The molecule has 1 fully saturated rings. The summed E-state index contributed by atoms with van der Waals surface area (Å²) >= 11 is 0. The Hall–Kier alpha value is -2.96. The maximum Gasteiger partial charge on any atom is 0.257 e. The van der Waals surface area contributed by atoms with Crippen molar-refractivity contribution < 1.29 is 23.5 Å². The van der Waals surface area contributed by atoms with E-state index in [0.29, 0.717) is 63.5 Å². The van der Waals surface area contributed by atoms with Crippen LogP contribution in [0.5, 0.6) is 11.5 Å². The van der Waals surface area contributed by atoms with E-state index in [1.807, 2.05) is 36.1 Å². The molecule has 1 aliphatic heterocycles. The number of hydrogen-bond donors (Lipinski definition) is 0. The van der Waals surface area contributed by atoms with E-state index in [9.17, 15) is 9.59 Å². The molecular weight excluding hydrogens is 360 g/mol. The van der Waals surface area contributed by atoms with Crippen LogP contribution in [0.25, 0.3) is 0 Å². The van der Waals surface area contributed by atoms with Gasteiger partial charge in [-0.3, -0.25) is 9.59 Å². The summed E-state index contributed by atoms with van der Waals surface area (Å²) in [7, 11) is 0. The van der Waals surface area contributed by atoms with Crippen LogP contribution in [0.1, 0.15) is 30.1 Å². The molecule has 7 nitrogen and oxygen atoms in total. The summed E-state index contributed by atoms with van der Waals surface area (Å²) in [6.45, 7) is 5.13. The van der Waals surface area contributed by atoms with Crippen molar-refractivity contribution in [3.63, 3.8) is 0 Å². The third kappa shape index (κ3) is 5.06. The Kier molecular flexibility index (Phi) is 6.94. The van der Waals surface area contributed by atoms with Gasteiger partial charge < -0.3 is 23.7 Å². The van der Waals surface area contributed by atoms with Crippen LogP contribution in [0.2, 0.25) is 0 Å². The molecule has 150 valence electrons. The number of carbonyl (C=O) groups is 2. The van der Waals surface area contributed by atoms with Crippen molar-refractivity contribution >= 4 is 11.8 Å². The standard InChI is InChI=1S/C21H26N2O5/c1-2-27-18-6-3-4-7-19(18)28-14-5-8-20(24)22-10-12-23(13-11-22)21(25)17-9-15-26-16-17/h3-4,6-7,9,15-16H,2,5,8,10-14H2,1H3. The van der Waals surface area contributed by atoms with Crippen molar-refractivity contribution in [2.75, 3.05) is 39.4 Å². The van der Waals surface area contributed by atoms with Crippen molar-refractivity contribution in [2.24, 2.45) is 0 Å². The number of furan rings is 1. The molecule has 0 bridgehead atoms. The third-order valence-corrected chi connectivity index (χ3v) is 4.63. The Morgan fingerprint density at radius 2 is 1.68 bits per heavy atom. The average molecular weight is 386 g/mol. The summed E-state index contributed by atoms with van der Waals surface area (Å²) in [5.74, 6) is 1.46. The zero-order valence-corrected chi connectivity index (χ0v) is 16.1. The van der Waals surface area contributed by atoms with Gasteiger partial charge in [-0.15, -0.1) is 0 Å². The van der Waals surface area contributed by atoms with Gasteiger partial charge in [-0.1, -0.05) is 12.1 Å². The van der Waals surface area contributed by atoms with Gasteiger partial charge in [0.15, 0.2) is 11.5 Å². The summed E-state index contributed by atoms with van der Waals surface area (Å²) in [6, 6.07) is 9.19. The lowest BCUT2D eigenvalue weighted by Crippen LogP contribution is -2.50. The molecule has 1 aliphatic rings. The number of benzene rings is 1. The molecule has 0 atom stereocenters. The largest absolute Gasteiger partial charge is 0.490 e. The zero-order chi connectivity index (χ0) is 19.8. The van der Waals surface area contributed by atoms with Gasteiger partial charge in [-0.25, -0.2) is 0 Å². The monoisotopic (exact) mass is 386 g/mol. The van der Waals surface area contributed by atoms with Crippen LogP contribution in [0.4, 0.5) is 0 Å². The van der Waals surface area contributed by atoms with E-state index in [2.05, 4.69) is 0 Å². The van der Waals surface area contributed by atoms with E-state index in [4.69, 9.17) is 13.9 Å². The molecule has 1 aromatic heterocycles. The Morgan fingerprint density at radius 1 is 1.00 bits per heavy atom. The van der Waals surface area contributed by atoms with Gasteiger partial charge in [-0.2, -0.15) is 0 Å². The first-order valence-electron chi connectivity index (χ1n) is 9.63. The molecule has 0 N–H and O–H groups in total. The summed E-state index contributed by atoms with van der Waals surface area (Å²) in [5, 5.41) is 0. The van der Waals surface area contributed by atoms with Crippen LogP contribution in [0.15, 0.2) is 47.3 Å². The van der Waals surface area contributed by atoms with Gasteiger partial charge >= 0.3 is 0 Å². The molecule has 3 rings (SSSR count). The Labute approximate surface area is 164 Å². The van der Waals surface area contributed by atoms with Gasteiger partial charge in [0.25, 0.3) is 5.91 Å². The predicted molar refractivity (Wildman–Crippen MR) is 104 cm³/mol. The van der Waals surface area contributed by atoms with Crippen molar-refractivity contribution in [3.8, 4) is 11.5 Å². The number of piperazine rings is 1. The molecule has 28 heavy (non-hydrogen) atoms. The molecule has 7 heteroatoms. The highest BCUT2D eigenvalue weighted by molar-refractivity contribution is 5.94. The minimum atomic E-state index is -0.0535. The molecule has 1 aromatic carbocycles. The highest BCUT2D eigenvalue weighted by atomic mass is 16.5. The fraction of sp³-hybridized carbons (Fsp3) is 0.429.